The lowest BCUT2D eigenvalue weighted by Gasteiger charge is -2.38. The topological polar surface area (TPSA) is 72.9 Å². The Morgan fingerprint density at radius 2 is 1.83 bits per heavy atom. The number of aromatic nitrogens is 2. The van der Waals surface area contributed by atoms with Gasteiger partial charge in [-0.25, -0.2) is 9.97 Å². The van der Waals surface area contributed by atoms with Crippen LogP contribution in [0.4, 0.5) is 5.95 Å². The van der Waals surface area contributed by atoms with Gasteiger partial charge in [0.1, 0.15) is 0 Å². The van der Waals surface area contributed by atoms with Crippen LogP contribution < -0.4 is 4.90 Å². The van der Waals surface area contributed by atoms with Crippen molar-refractivity contribution in [2.24, 2.45) is 0 Å². The maximum Gasteiger partial charge on any atom is 0.274 e. The molecule has 0 N–H and O–H groups in total. The lowest BCUT2D eigenvalue weighted by atomic mass is 10.0. The van der Waals surface area contributed by atoms with Crippen LogP contribution in [0.2, 0.25) is 5.02 Å². The number of amides is 2. The highest BCUT2D eigenvalue weighted by molar-refractivity contribution is 6.33. The maximum atomic E-state index is 13.0. The largest absolute Gasteiger partial charge is 0.341 e. The number of rotatable bonds is 6. The zero-order valence-corrected chi connectivity index (χ0v) is 19.1. The van der Waals surface area contributed by atoms with E-state index in [1.165, 1.54) is 12.6 Å². The van der Waals surface area contributed by atoms with E-state index in [4.69, 9.17) is 11.6 Å². The van der Waals surface area contributed by atoms with Gasteiger partial charge in [-0.3, -0.25) is 14.5 Å². The van der Waals surface area contributed by atoms with E-state index in [1.54, 1.807) is 4.90 Å². The van der Waals surface area contributed by atoms with Crippen LogP contribution in [0.5, 0.6) is 0 Å². The van der Waals surface area contributed by atoms with Gasteiger partial charge in [0, 0.05) is 51.9 Å². The third-order valence-electron chi connectivity index (χ3n) is 6.12. The van der Waals surface area contributed by atoms with E-state index >= 15 is 0 Å². The average molecular weight is 437 g/mol. The Morgan fingerprint density at radius 1 is 1.13 bits per heavy atom. The molecule has 2 fully saturated rings. The fraction of sp³-hybridized carbons (Fsp3) is 0.714. The van der Waals surface area contributed by atoms with Crippen molar-refractivity contribution in [2.75, 3.05) is 57.3 Å². The van der Waals surface area contributed by atoms with Crippen molar-refractivity contribution in [1.82, 2.24) is 24.7 Å². The van der Waals surface area contributed by atoms with Gasteiger partial charge in [-0.2, -0.15) is 0 Å². The second kappa shape index (κ2) is 10.4. The van der Waals surface area contributed by atoms with Crippen LogP contribution in [0, 0.1) is 0 Å². The van der Waals surface area contributed by atoms with Crippen LogP contribution in [0.25, 0.3) is 0 Å². The Balaban J connectivity index is 1.58. The third-order valence-corrected chi connectivity index (χ3v) is 6.40. The van der Waals surface area contributed by atoms with Gasteiger partial charge in [0.15, 0.2) is 5.69 Å². The average Bonchev–Trinajstić information content (AvgIpc) is 2.76. The number of carbonyl (C=O) groups excluding carboxylic acids is 2. The van der Waals surface area contributed by atoms with Crippen molar-refractivity contribution in [3.8, 4) is 0 Å². The Bertz CT molecular complexity index is 749. The van der Waals surface area contributed by atoms with Gasteiger partial charge in [0.25, 0.3) is 5.91 Å². The molecule has 1 aromatic rings. The molecule has 0 aliphatic carbocycles. The number of piperazine rings is 1. The molecule has 30 heavy (non-hydrogen) atoms. The van der Waals surface area contributed by atoms with Crippen molar-refractivity contribution in [1.29, 1.82) is 0 Å². The van der Waals surface area contributed by atoms with Gasteiger partial charge in [-0.15, -0.1) is 0 Å². The van der Waals surface area contributed by atoms with Crippen LogP contribution in [0.15, 0.2) is 6.20 Å². The van der Waals surface area contributed by atoms with Crippen LogP contribution >= 0.6 is 11.6 Å². The van der Waals surface area contributed by atoms with E-state index in [9.17, 15) is 9.59 Å². The standard InChI is InChI=1S/C21H33ClN6O2/c1-4-26(5-2)21-23-14-17(22)19(24-21)20(30)27-12-10-25(11-13-27)15-18(29)28-9-7-6-8-16(28)3/h14,16H,4-13,15H2,1-3H3. The molecular formula is C21H33ClN6O2. The molecule has 1 unspecified atom stereocenters. The molecule has 2 amide bonds. The van der Waals surface area contributed by atoms with Gasteiger partial charge >= 0.3 is 0 Å². The van der Waals surface area contributed by atoms with Crippen LogP contribution in [0.1, 0.15) is 50.5 Å². The number of piperidine rings is 1. The van der Waals surface area contributed by atoms with Gasteiger partial charge in [-0.1, -0.05) is 11.6 Å². The number of hydrogen-bond donors (Lipinski definition) is 0. The third kappa shape index (κ3) is 5.21. The molecule has 2 aliphatic rings. The molecule has 0 saturated carbocycles. The molecule has 0 radical (unpaired) electrons. The van der Waals surface area contributed by atoms with Gasteiger partial charge in [0.05, 0.1) is 17.8 Å². The van der Waals surface area contributed by atoms with Crippen molar-refractivity contribution in [3.63, 3.8) is 0 Å². The molecule has 3 rings (SSSR count). The van der Waals surface area contributed by atoms with Crippen molar-refractivity contribution < 1.29 is 9.59 Å². The minimum Gasteiger partial charge on any atom is -0.341 e. The van der Waals surface area contributed by atoms with E-state index in [0.717, 1.165) is 32.5 Å². The lowest BCUT2D eigenvalue weighted by molar-refractivity contribution is -0.136. The summed E-state index contributed by atoms with van der Waals surface area (Å²) in [5, 5.41) is 0.271. The number of halogens is 1. The van der Waals surface area contributed by atoms with E-state index in [2.05, 4.69) is 21.8 Å². The summed E-state index contributed by atoms with van der Waals surface area (Å²) in [5.74, 6) is 0.545. The normalized spacial score (nSPS) is 20.3. The monoisotopic (exact) mass is 436 g/mol. The SMILES string of the molecule is CCN(CC)c1ncc(Cl)c(C(=O)N2CCN(CC(=O)N3CCCCC3C)CC2)n1. The molecule has 1 atom stereocenters. The van der Waals surface area contributed by atoms with Crippen LogP contribution in [0.3, 0.4) is 0 Å². The summed E-state index contributed by atoms with van der Waals surface area (Å²) in [6.07, 6.45) is 4.88. The number of nitrogens with zero attached hydrogens (tertiary/aromatic N) is 6. The number of anilines is 1. The summed E-state index contributed by atoms with van der Waals surface area (Å²) < 4.78 is 0. The molecule has 0 aromatic carbocycles. The molecule has 8 nitrogen and oxygen atoms in total. The van der Waals surface area contributed by atoms with Crippen molar-refractivity contribution in [3.05, 3.63) is 16.9 Å². The lowest BCUT2D eigenvalue weighted by Crippen LogP contribution is -2.53. The van der Waals surface area contributed by atoms with Crippen LogP contribution in [-0.4, -0.2) is 94.9 Å². The van der Waals surface area contributed by atoms with E-state index < -0.39 is 0 Å². The highest BCUT2D eigenvalue weighted by Crippen LogP contribution is 2.20. The Labute approximate surface area is 184 Å². The van der Waals surface area contributed by atoms with E-state index in [0.29, 0.717) is 44.7 Å². The highest BCUT2D eigenvalue weighted by Gasteiger charge is 2.29. The quantitative estimate of drug-likeness (QED) is 0.680. The minimum absolute atomic E-state index is 0.175. The first kappa shape index (κ1) is 22.7. The molecule has 1 aromatic heterocycles. The van der Waals surface area contributed by atoms with Gasteiger partial charge in [0.2, 0.25) is 11.9 Å². The predicted molar refractivity (Wildman–Crippen MR) is 118 cm³/mol. The second-order valence-corrected chi connectivity index (χ2v) is 8.45. The minimum atomic E-state index is -0.175. The zero-order valence-electron chi connectivity index (χ0n) is 18.3. The molecule has 2 aliphatic heterocycles. The highest BCUT2D eigenvalue weighted by atomic mass is 35.5. The molecular weight excluding hydrogens is 404 g/mol. The fourth-order valence-electron chi connectivity index (χ4n) is 4.18. The van der Waals surface area contributed by atoms with Crippen LogP contribution in [-0.2, 0) is 4.79 Å². The molecule has 0 spiro atoms. The number of hydrogen-bond acceptors (Lipinski definition) is 6. The number of likely N-dealkylation sites (tertiary alicyclic amines) is 1. The smallest absolute Gasteiger partial charge is 0.274 e. The van der Waals surface area contributed by atoms with E-state index in [-0.39, 0.29) is 22.5 Å². The summed E-state index contributed by atoms with van der Waals surface area (Å²) in [6, 6.07) is 0.328. The molecule has 3 heterocycles. The molecule has 9 heteroatoms. The molecule has 166 valence electrons. The van der Waals surface area contributed by atoms with Crippen molar-refractivity contribution >= 4 is 29.4 Å². The first-order valence-corrected chi connectivity index (χ1v) is 11.4. The van der Waals surface area contributed by atoms with E-state index in [1.807, 2.05) is 23.6 Å². The number of carbonyl (C=O) groups is 2. The summed E-state index contributed by atoms with van der Waals surface area (Å²) in [6.45, 7) is 11.4. The first-order chi connectivity index (χ1) is 14.4. The summed E-state index contributed by atoms with van der Waals surface area (Å²) in [7, 11) is 0. The Kier molecular flexibility index (Phi) is 7.88. The van der Waals surface area contributed by atoms with Gasteiger partial charge < -0.3 is 14.7 Å². The maximum absolute atomic E-state index is 13.0. The molecule has 2 saturated heterocycles. The summed E-state index contributed by atoms with van der Waals surface area (Å²) in [5.41, 5.74) is 0.250. The predicted octanol–water partition coefficient (Wildman–Crippen LogP) is 2.13. The van der Waals surface area contributed by atoms with Crippen molar-refractivity contribution in [2.45, 2.75) is 46.1 Å². The Hall–Kier alpha value is -1.93. The zero-order chi connectivity index (χ0) is 21.7. The summed E-state index contributed by atoms with van der Waals surface area (Å²) >= 11 is 6.25. The Morgan fingerprint density at radius 3 is 2.47 bits per heavy atom. The first-order valence-electron chi connectivity index (χ1n) is 11.0. The van der Waals surface area contributed by atoms with Gasteiger partial charge in [-0.05, 0) is 40.0 Å². The second-order valence-electron chi connectivity index (χ2n) is 8.04. The summed E-state index contributed by atoms with van der Waals surface area (Å²) in [4.78, 5) is 42.3. The fourth-order valence-corrected chi connectivity index (χ4v) is 4.35. The molecule has 0 bridgehead atoms.